The Morgan fingerprint density at radius 3 is 2.63 bits per heavy atom. The second-order valence-corrected chi connectivity index (χ2v) is 5.46. The molecule has 106 valence electrons. The molecule has 4 heteroatoms. The monoisotopic (exact) mass is 264 g/mol. The fraction of sp³-hybridized carbons (Fsp3) is 0.600. The molecule has 1 atom stereocenters. The Hall–Kier alpha value is -1.58. The van der Waals surface area contributed by atoms with Gasteiger partial charge in [-0.15, -0.1) is 0 Å². The summed E-state index contributed by atoms with van der Waals surface area (Å²) in [5.41, 5.74) is -0.148. The third kappa shape index (κ3) is 6.22. The minimum absolute atomic E-state index is 0.0915. The Labute approximate surface area is 114 Å². The molecule has 0 saturated heterocycles. The second-order valence-electron chi connectivity index (χ2n) is 5.46. The zero-order valence-electron chi connectivity index (χ0n) is 12.1. The van der Waals surface area contributed by atoms with Crippen molar-refractivity contribution in [3.63, 3.8) is 0 Å². The lowest BCUT2D eigenvalue weighted by atomic mass is 10.0. The van der Waals surface area contributed by atoms with Crippen molar-refractivity contribution in [1.29, 1.82) is 0 Å². The summed E-state index contributed by atoms with van der Waals surface area (Å²) in [5, 5.41) is 2.93. The van der Waals surface area contributed by atoms with Gasteiger partial charge in [0.1, 0.15) is 6.54 Å². The number of amides is 1. The van der Waals surface area contributed by atoms with Crippen LogP contribution in [0.2, 0.25) is 0 Å². The zero-order chi connectivity index (χ0) is 14.3. The summed E-state index contributed by atoms with van der Waals surface area (Å²) >= 11 is 0. The van der Waals surface area contributed by atoms with Crippen molar-refractivity contribution in [2.75, 3.05) is 0 Å². The van der Waals surface area contributed by atoms with Crippen molar-refractivity contribution in [3.8, 4) is 0 Å². The number of rotatable bonds is 7. The van der Waals surface area contributed by atoms with Gasteiger partial charge in [-0.1, -0.05) is 32.8 Å². The van der Waals surface area contributed by atoms with Crippen molar-refractivity contribution in [2.24, 2.45) is 5.92 Å². The highest BCUT2D eigenvalue weighted by atomic mass is 16.2. The van der Waals surface area contributed by atoms with E-state index in [9.17, 15) is 9.59 Å². The number of nitrogens with zero attached hydrogens (tertiary/aromatic N) is 1. The van der Waals surface area contributed by atoms with Gasteiger partial charge in [0.25, 0.3) is 5.56 Å². The van der Waals surface area contributed by atoms with Gasteiger partial charge in [0.05, 0.1) is 0 Å². The van der Waals surface area contributed by atoms with E-state index in [4.69, 9.17) is 0 Å². The molecule has 1 unspecified atom stereocenters. The molecule has 0 fully saturated rings. The van der Waals surface area contributed by atoms with Gasteiger partial charge in [0.2, 0.25) is 5.91 Å². The topological polar surface area (TPSA) is 51.1 Å². The molecule has 0 aliphatic rings. The number of nitrogens with one attached hydrogen (secondary N) is 1. The lowest BCUT2D eigenvalue weighted by Gasteiger charge is -2.15. The maximum Gasteiger partial charge on any atom is 0.250 e. The number of carbonyl (C=O) groups is 1. The molecule has 0 spiro atoms. The third-order valence-corrected chi connectivity index (χ3v) is 3.04. The maximum atomic E-state index is 11.8. The molecule has 1 aromatic heterocycles. The predicted molar refractivity (Wildman–Crippen MR) is 77.0 cm³/mol. The van der Waals surface area contributed by atoms with E-state index >= 15 is 0 Å². The second kappa shape index (κ2) is 7.77. The molecule has 0 bridgehead atoms. The summed E-state index contributed by atoms with van der Waals surface area (Å²) in [6, 6.07) is 5.04. The van der Waals surface area contributed by atoms with Crippen LogP contribution in [0.3, 0.4) is 0 Å². The minimum Gasteiger partial charge on any atom is -0.352 e. The Morgan fingerprint density at radius 2 is 2.00 bits per heavy atom. The van der Waals surface area contributed by atoms with Gasteiger partial charge >= 0.3 is 0 Å². The average Bonchev–Trinajstić information content (AvgIpc) is 2.31. The average molecular weight is 264 g/mol. The molecular formula is C15H24N2O2. The van der Waals surface area contributed by atoms with Gasteiger partial charge in [-0.25, -0.2) is 0 Å². The van der Waals surface area contributed by atoms with Gasteiger partial charge in [-0.3, -0.25) is 9.59 Å². The van der Waals surface area contributed by atoms with Gasteiger partial charge < -0.3 is 9.88 Å². The lowest BCUT2D eigenvalue weighted by molar-refractivity contribution is -0.122. The van der Waals surface area contributed by atoms with Crippen LogP contribution in [0.5, 0.6) is 0 Å². The Kier molecular flexibility index (Phi) is 6.33. The molecule has 0 saturated carbocycles. The lowest BCUT2D eigenvalue weighted by Crippen LogP contribution is -2.37. The summed E-state index contributed by atoms with van der Waals surface area (Å²) in [6.45, 7) is 6.50. The predicted octanol–water partition coefficient (Wildman–Crippen LogP) is 2.18. The van der Waals surface area contributed by atoms with Crippen LogP contribution >= 0.6 is 0 Å². The highest BCUT2D eigenvalue weighted by Crippen LogP contribution is 2.08. The number of hydrogen-bond donors (Lipinski definition) is 1. The van der Waals surface area contributed by atoms with Crippen molar-refractivity contribution < 1.29 is 4.79 Å². The Bertz CT molecular complexity index is 451. The summed E-state index contributed by atoms with van der Waals surface area (Å²) in [4.78, 5) is 23.3. The van der Waals surface area contributed by atoms with Crippen LogP contribution in [0.15, 0.2) is 29.2 Å². The molecule has 1 N–H and O–H groups in total. The SMILES string of the molecule is CC(C)CCCC(C)NC(=O)Cn1ccccc1=O. The molecule has 4 nitrogen and oxygen atoms in total. The van der Waals surface area contributed by atoms with Crippen LogP contribution in [0.4, 0.5) is 0 Å². The molecule has 19 heavy (non-hydrogen) atoms. The van der Waals surface area contributed by atoms with E-state index in [0.717, 1.165) is 12.8 Å². The van der Waals surface area contributed by atoms with Crippen LogP contribution in [-0.2, 0) is 11.3 Å². The van der Waals surface area contributed by atoms with Crippen molar-refractivity contribution in [2.45, 2.75) is 52.6 Å². The normalized spacial score (nSPS) is 12.4. The molecule has 0 aliphatic carbocycles. The van der Waals surface area contributed by atoms with Crippen molar-refractivity contribution >= 4 is 5.91 Å². The number of carbonyl (C=O) groups excluding carboxylic acids is 1. The van der Waals surface area contributed by atoms with Gasteiger partial charge in [-0.2, -0.15) is 0 Å². The van der Waals surface area contributed by atoms with Gasteiger partial charge in [0.15, 0.2) is 0 Å². The van der Waals surface area contributed by atoms with E-state index in [-0.39, 0.29) is 24.1 Å². The third-order valence-electron chi connectivity index (χ3n) is 3.04. The molecule has 1 rings (SSSR count). The van der Waals surface area contributed by atoms with E-state index < -0.39 is 0 Å². The van der Waals surface area contributed by atoms with Gasteiger partial charge in [0, 0.05) is 18.3 Å². The van der Waals surface area contributed by atoms with E-state index in [2.05, 4.69) is 19.2 Å². The highest BCUT2D eigenvalue weighted by Gasteiger charge is 2.08. The fourth-order valence-electron chi connectivity index (χ4n) is 1.97. The molecule has 1 heterocycles. The first-order chi connectivity index (χ1) is 8.99. The first-order valence-electron chi connectivity index (χ1n) is 6.94. The smallest absolute Gasteiger partial charge is 0.250 e. The van der Waals surface area contributed by atoms with Crippen LogP contribution in [0.25, 0.3) is 0 Å². The van der Waals surface area contributed by atoms with Crippen molar-refractivity contribution in [3.05, 3.63) is 34.7 Å². The number of aromatic nitrogens is 1. The number of hydrogen-bond acceptors (Lipinski definition) is 2. The summed E-state index contributed by atoms with van der Waals surface area (Å²) in [6.07, 6.45) is 4.90. The van der Waals surface area contributed by atoms with Crippen LogP contribution in [-0.4, -0.2) is 16.5 Å². The van der Waals surface area contributed by atoms with E-state index in [1.807, 2.05) is 6.92 Å². The first kappa shape index (κ1) is 15.5. The molecule has 0 aromatic carbocycles. The number of pyridine rings is 1. The molecule has 1 amide bonds. The summed E-state index contributed by atoms with van der Waals surface area (Å²) < 4.78 is 1.41. The first-order valence-corrected chi connectivity index (χ1v) is 6.94. The molecule has 0 radical (unpaired) electrons. The highest BCUT2D eigenvalue weighted by molar-refractivity contribution is 5.75. The largest absolute Gasteiger partial charge is 0.352 e. The van der Waals surface area contributed by atoms with Gasteiger partial charge in [-0.05, 0) is 25.3 Å². The summed E-state index contributed by atoms with van der Waals surface area (Å²) in [7, 11) is 0. The molecule has 1 aromatic rings. The Balaban J connectivity index is 2.35. The van der Waals surface area contributed by atoms with E-state index in [0.29, 0.717) is 5.92 Å². The fourth-order valence-corrected chi connectivity index (χ4v) is 1.97. The van der Waals surface area contributed by atoms with Crippen LogP contribution in [0, 0.1) is 5.92 Å². The summed E-state index contributed by atoms with van der Waals surface area (Å²) in [5.74, 6) is 0.594. The van der Waals surface area contributed by atoms with Crippen LogP contribution in [0.1, 0.15) is 40.0 Å². The zero-order valence-corrected chi connectivity index (χ0v) is 12.1. The van der Waals surface area contributed by atoms with Crippen molar-refractivity contribution in [1.82, 2.24) is 9.88 Å². The molecule has 0 aliphatic heterocycles. The van der Waals surface area contributed by atoms with E-state index in [1.165, 1.54) is 17.1 Å². The maximum absolute atomic E-state index is 11.8. The Morgan fingerprint density at radius 1 is 1.26 bits per heavy atom. The quantitative estimate of drug-likeness (QED) is 0.820. The van der Waals surface area contributed by atoms with Crippen LogP contribution < -0.4 is 10.9 Å². The standard InChI is InChI=1S/C15H24N2O2/c1-12(2)7-6-8-13(3)16-14(18)11-17-10-5-4-9-15(17)19/h4-5,9-10,12-13H,6-8,11H2,1-3H3,(H,16,18). The molecular weight excluding hydrogens is 240 g/mol. The minimum atomic E-state index is -0.148. The van der Waals surface area contributed by atoms with E-state index in [1.54, 1.807) is 18.3 Å².